The molecule has 0 aliphatic rings. The molecule has 0 saturated heterocycles. The smallest absolute Gasteiger partial charge is 0.221 e. The summed E-state index contributed by atoms with van der Waals surface area (Å²) >= 11 is 0. The third kappa shape index (κ3) is 1.90. The third-order valence-corrected chi connectivity index (χ3v) is 1.46. The van der Waals surface area contributed by atoms with Gasteiger partial charge in [0.2, 0.25) is 0 Å². The Morgan fingerprint density at radius 3 is 2.09 bits per heavy atom. The van der Waals surface area contributed by atoms with E-state index in [1.165, 1.54) is 0 Å². The van der Waals surface area contributed by atoms with E-state index in [2.05, 4.69) is 9.97 Å². The van der Waals surface area contributed by atoms with Crippen LogP contribution in [0.2, 0.25) is 0 Å². The highest BCUT2D eigenvalue weighted by Gasteiger charge is 2.14. The average molecular weight is 180 g/mol. The van der Waals surface area contributed by atoms with Gasteiger partial charge in [0, 0.05) is 0 Å². The number of halogens is 2. The van der Waals surface area contributed by atoms with E-state index < -0.39 is 21.2 Å². The molecule has 4 nitrogen and oxygen atoms in total. The minimum absolute atomic E-state index is 0.569. The highest BCUT2D eigenvalue weighted by molar-refractivity contribution is 7.86. The highest BCUT2D eigenvalue weighted by Crippen LogP contribution is 2.03. The Bertz CT molecular complexity index is 347. The first-order valence-corrected chi connectivity index (χ1v) is 3.81. The van der Waals surface area contributed by atoms with Gasteiger partial charge in [-0.05, 0) is 0 Å². The molecule has 0 atom stereocenters. The van der Waals surface area contributed by atoms with E-state index >= 15 is 0 Å². The van der Waals surface area contributed by atoms with E-state index in [9.17, 15) is 16.7 Å². The van der Waals surface area contributed by atoms with Gasteiger partial charge in [0.15, 0.2) is 5.82 Å². The second-order valence-electron chi connectivity index (χ2n) is 1.62. The fourth-order valence-corrected chi connectivity index (χ4v) is 0.784. The summed E-state index contributed by atoms with van der Waals surface area (Å²) in [4.78, 5) is 5.80. The van der Waals surface area contributed by atoms with E-state index in [0.29, 0.717) is 12.4 Å². The van der Waals surface area contributed by atoms with Crippen LogP contribution in [-0.4, -0.2) is 18.4 Å². The highest BCUT2D eigenvalue weighted by atomic mass is 32.3. The second kappa shape index (κ2) is 2.50. The minimum Gasteiger partial charge on any atom is -0.221 e. The van der Waals surface area contributed by atoms with Crippen LogP contribution in [0.15, 0.2) is 17.6 Å². The molecule has 0 N–H and O–H groups in total. The van der Waals surface area contributed by atoms with E-state index in [0.717, 1.165) is 0 Å². The molecular weight excluding hydrogens is 178 g/mol. The van der Waals surface area contributed by atoms with Crippen molar-refractivity contribution >= 4 is 10.2 Å². The Balaban J connectivity index is 3.20. The number of hydrogen-bond acceptors (Lipinski definition) is 4. The Kier molecular flexibility index (Phi) is 1.81. The van der Waals surface area contributed by atoms with Gasteiger partial charge in [0.05, 0.1) is 12.4 Å². The van der Waals surface area contributed by atoms with Crippen molar-refractivity contribution in [3.8, 4) is 0 Å². The van der Waals surface area contributed by atoms with Crippen LogP contribution >= 0.6 is 0 Å². The van der Waals surface area contributed by atoms with Crippen molar-refractivity contribution in [1.29, 1.82) is 0 Å². The molecule has 1 heterocycles. The van der Waals surface area contributed by atoms with Gasteiger partial charge in [-0.3, -0.25) is 0 Å². The molecule has 0 amide bonds. The maximum Gasteiger partial charge on any atom is 0.368 e. The lowest BCUT2D eigenvalue weighted by atomic mass is 10.7. The molecule has 0 saturated carbocycles. The van der Waals surface area contributed by atoms with Crippen molar-refractivity contribution in [1.82, 2.24) is 9.97 Å². The molecule has 0 aliphatic carbocycles. The van der Waals surface area contributed by atoms with Crippen LogP contribution in [0, 0.1) is 5.82 Å². The van der Waals surface area contributed by atoms with Crippen molar-refractivity contribution in [3.05, 3.63) is 18.2 Å². The fourth-order valence-electron chi connectivity index (χ4n) is 0.426. The molecule has 0 radical (unpaired) electrons. The van der Waals surface area contributed by atoms with Gasteiger partial charge in [-0.15, -0.1) is 0 Å². The second-order valence-corrected chi connectivity index (χ2v) is 2.86. The Morgan fingerprint density at radius 1 is 1.27 bits per heavy atom. The summed E-state index contributed by atoms with van der Waals surface area (Å²) in [6.45, 7) is 0. The average Bonchev–Trinajstić information content (AvgIpc) is 1.86. The first-order chi connectivity index (χ1) is 5.00. The van der Waals surface area contributed by atoms with Crippen LogP contribution in [0.3, 0.4) is 0 Å². The van der Waals surface area contributed by atoms with Crippen molar-refractivity contribution in [2.24, 2.45) is 0 Å². The van der Waals surface area contributed by atoms with Crippen molar-refractivity contribution in [3.63, 3.8) is 0 Å². The standard InChI is InChI=1S/C4H2F2N2O2S/c5-3-1-7-4(8-2-3)11(6,9)10/h1-2H. The van der Waals surface area contributed by atoms with Crippen LogP contribution in [0.1, 0.15) is 0 Å². The van der Waals surface area contributed by atoms with Crippen molar-refractivity contribution in [2.75, 3.05) is 0 Å². The zero-order chi connectivity index (χ0) is 8.48. The van der Waals surface area contributed by atoms with Crippen molar-refractivity contribution in [2.45, 2.75) is 5.16 Å². The summed E-state index contributed by atoms with van der Waals surface area (Å²) in [5.74, 6) is -0.822. The van der Waals surface area contributed by atoms with Gasteiger partial charge < -0.3 is 0 Å². The van der Waals surface area contributed by atoms with E-state index in [1.807, 2.05) is 0 Å². The maximum absolute atomic E-state index is 12.0. The van der Waals surface area contributed by atoms with Gasteiger partial charge in [-0.25, -0.2) is 14.4 Å². The molecule has 0 fully saturated rings. The van der Waals surface area contributed by atoms with Gasteiger partial charge in [0.1, 0.15) is 0 Å². The van der Waals surface area contributed by atoms with Crippen LogP contribution in [0.4, 0.5) is 8.28 Å². The molecule has 0 aliphatic heterocycles. The van der Waals surface area contributed by atoms with Crippen LogP contribution < -0.4 is 0 Å². The minimum atomic E-state index is -4.91. The predicted molar refractivity (Wildman–Crippen MR) is 30.3 cm³/mol. The van der Waals surface area contributed by atoms with E-state index in [4.69, 9.17) is 0 Å². The van der Waals surface area contributed by atoms with Crippen LogP contribution in [0.5, 0.6) is 0 Å². The van der Waals surface area contributed by atoms with Crippen LogP contribution in [-0.2, 0) is 10.2 Å². The van der Waals surface area contributed by atoms with E-state index in [1.54, 1.807) is 0 Å². The molecule has 1 aromatic heterocycles. The zero-order valence-corrected chi connectivity index (χ0v) is 5.85. The van der Waals surface area contributed by atoms with Gasteiger partial charge in [-0.2, -0.15) is 8.42 Å². The van der Waals surface area contributed by atoms with Crippen molar-refractivity contribution < 1.29 is 16.7 Å². The summed E-state index contributed by atoms with van der Waals surface area (Å²) in [5, 5.41) is -1.03. The lowest BCUT2D eigenvalue weighted by Crippen LogP contribution is -1.99. The summed E-state index contributed by atoms with van der Waals surface area (Å²) in [6, 6.07) is 0. The molecule has 1 aromatic rings. The maximum atomic E-state index is 12.0. The number of hydrogen-bond donors (Lipinski definition) is 0. The quantitative estimate of drug-likeness (QED) is 0.460. The normalized spacial score (nSPS) is 11.5. The van der Waals surface area contributed by atoms with Gasteiger partial charge >= 0.3 is 10.2 Å². The Hall–Kier alpha value is -1.11. The summed E-state index contributed by atoms with van der Waals surface area (Å²) in [7, 11) is -4.91. The molecule has 0 aromatic carbocycles. The zero-order valence-electron chi connectivity index (χ0n) is 5.03. The van der Waals surface area contributed by atoms with Crippen LogP contribution in [0.25, 0.3) is 0 Å². The molecular formula is C4H2F2N2O2S. The Morgan fingerprint density at radius 2 is 1.73 bits per heavy atom. The largest absolute Gasteiger partial charge is 0.368 e. The number of rotatable bonds is 1. The lowest BCUT2D eigenvalue weighted by molar-refractivity contribution is 0.537. The molecule has 11 heavy (non-hydrogen) atoms. The summed E-state index contributed by atoms with van der Waals surface area (Å²) in [5.41, 5.74) is 0. The number of nitrogens with zero attached hydrogens (tertiary/aromatic N) is 2. The Labute approximate surface area is 61.1 Å². The molecule has 0 spiro atoms. The summed E-state index contributed by atoms with van der Waals surface area (Å²) in [6.07, 6.45) is 1.14. The third-order valence-electron chi connectivity index (χ3n) is 0.815. The first kappa shape index (κ1) is 7.99. The fraction of sp³-hybridized carbons (Fsp3) is 0. The monoisotopic (exact) mass is 180 g/mol. The molecule has 60 valence electrons. The predicted octanol–water partition coefficient (Wildman–Crippen LogP) is 0.274. The summed E-state index contributed by atoms with van der Waals surface area (Å²) < 4.78 is 44.1. The lowest BCUT2D eigenvalue weighted by Gasteiger charge is -1.89. The topological polar surface area (TPSA) is 59.9 Å². The molecule has 0 unspecified atom stereocenters. The number of aromatic nitrogens is 2. The molecule has 7 heteroatoms. The molecule has 0 bridgehead atoms. The first-order valence-electron chi connectivity index (χ1n) is 2.42. The molecule has 1 rings (SSSR count). The SMILES string of the molecule is O=S(=O)(F)c1ncc(F)cn1. The van der Waals surface area contributed by atoms with Gasteiger partial charge in [0.25, 0.3) is 5.16 Å². The van der Waals surface area contributed by atoms with Gasteiger partial charge in [-0.1, -0.05) is 3.89 Å². The van der Waals surface area contributed by atoms with E-state index in [-0.39, 0.29) is 0 Å².